The summed E-state index contributed by atoms with van der Waals surface area (Å²) in [4.78, 5) is 8.56. The second-order valence-electron chi connectivity index (χ2n) is 0.283. The molecule has 0 aromatic carbocycles. The van der Waals surface area contributed by atoms with Gasteiger partial charge < -0.3 is 15.7 Å². The van der Waals surface area contributed by atoms with E-state index in [1.165, 1.54) is 0 Å². The van der Waals surface area contributed by atoms with Crippen molar-refractivity contribution in [1.82, 2.24) is 0 Å². The van der Waals surface area contributed by atoms with Crippen LogP contribution in [-0.4, -0.2) is 59.6 Å². The van der Waals surface area contributed by atoms with Crippen LogP contribution in [0.15, 0.2) is 0 Å². The van der Waals surface area contributed by atoms with E-state index < -0.39 is 6.16 Å². The van der Waals surface area contributed by atoms with Crippen LogP contribution >= 0.6 is 0 Å². The maximum atomic E-state index is 8.56. The molecule has 6 heteroatoms. The Bertz CT molecular complexity index is 32.7. The van der Waals surface area contributed by atoms with Crippen LogP contribution in [0.25, 0.3) is 0 Å². The third-order valence-corrected chi connectivity index (χ3v) is 0. The van der Waals surface area contributed by atoms with E-state index in [1.54, 1.807) is 0 Å². The van der Waals surface area contributed by atoms with Crippen molar-refractivity contribution >= 4 is 43.9 Å². The molecule has 4 N–H and O–H groups in total. The summed E-state index contributed by atoms with van der Waals surface area (Å²) >= 11 is 0. The van der Waals surface area contributed by atoms with Crippen LogP contribution in [-0.2, 0) is 0 Å². The Labute approximate surface area is 64.6 Å². The summed E-state index contributed by atoms with van der Waals surface area (Å²) in [6.45, 7) is 0. The van der Waals surface area contributed by atoms with Crippen molar-refractivity contribution in [2.24, 2.45) is 0 Å². The van der Waals surface area contributed by atoms with Crippen LogP contribution < -0.4 is 0 Å². The molecule has 0 unspecified atom stereocenters. The molecule has 0 fully saturated rings. The van der Waals surface area contributed by atoms with Gasteiger partial charge in [-0.1, -0.05) is 0 Å². The van der Waals surface area contributed by atoms with E-state index in [-0.39, 0.29) is 43.2 Å². The minimum absolute atomic E-state index is 0. The molecule has 0 saturated heterocycles. The first kappa shape index (κ1) is 26.1. The number of hydrogen-bond donors (Lipinski definition) is 2. The Morgan fingerprint density at radius 1 is 1.14 bits per heavy atom. The summed E-state index contributed by atoms with van der Waals surface area (Å²) in [6, 6.07) is 0. The van der Waals surface area contributed by atoms with Crippen LogP contribution in [0.1, 0.15) is 0 Å². The van der Waals surface area contributed by atoms with E-state index >= 15 is 0 Å². The molecule has 0 aromatic heterocycles. The van der Waals surface area contributed by atoms with Crippen LogP contribution in [0.2, 0.25) is 0 Å². The Kier molecular flexibility index (Phi) is 60.2. The zero-order valence-corrected chi connectivity index (χ0v) is 2.30. The summed E-state index contributed by atoms with van der Waals surface area (Å²) in [7, 11) is 0. The summed E-state index contributed by atoms with van der Waals surface area (Å²) in [5.74, 6) is 0. The minimum atomic E-state index is -1.83. The Morgan fingerprint density at radius 3 is 1.14 bits per heavy atom. The summed E-state index contributed by atoms with van der Waals surface area (Å²) in [5, 5.41) is 13.9. The molecule has 0 aromatic rings. The molecule has 0 saturated carbocycles. The Hall–Kier alpha value is 0.425. The average Bonchev–Trinajstić information content (AvgIpc) is 0.811. The van der Waals surface area contributed by atoms with Gasteiger partial charge in [0.2, 0.25) is 0 Å². The van der Waals surface area contributed by atoms with E-state index in [0.717, 1.165) is 0 Å². The second-order valence-corrected chi connectivity index (χ2v) is 0.283. The maximum absolute atomic E-state index is 8.56. The SMILES string of the molecule is O.O=C(O)O.[LiH].[LiH]. The molecular weight excluding hydrogens is 89.9 g/mol. The van der Waals surface area contributed by atoms with Gasteiger partial charge in [-0.3, -0.25) is 0 Å². The van der Waals surface area contributed by atoms with Crippen molar-refractivity contribution < 1.29 is 20.5 Å². The molecule has 0 aliphatic rings. The van der Waals surface area contributed by atoms with Gasteiger partial charge in [0, 0.05) is 0 Å². The molecule has 0 aliphatic heterocycles. The molecule has 0 amide bonds. The number of carbonyl (C=O) groups is 1. The quantitative estimate of drug-likeness (QED) is 0.345. The van der Waals surface area contributed by atoms with Crippen molar-refractivity contribution in [2.75, 3.05) is 0 Å². The molecule has 0 bridgehead atoms. The van der Waals surface area contributed by atoms with Crippen molar-refractivity contribution in [3.63, 3.8) is 0 Å². The molecule has 0 spiro atoms. The molecule has 7 heavy (non-hydrogen) atoms. The van der Waals surface area contributed by atoms with Crippen molar-refractivity contribution in [1.29, 1.82) is 0 Å². The van der Waals surface area contributed by atoms with Gasteiger partial charge >= 0.3 is 43.9 Å². The van der Waals surface area contributed by atoms with Gasteiger partial charge in [0.1, 0.15) is 0 Å². The van der Waals surface area contributed by atoms with Gasteiger partial charge in [-0.2, -0.15) is 0 Å². The standard InChI is InChI=1S/CH2O3.2Li.H2O.2H/c2-1(3)4;;;;;/h(H2,2,3,4);;;1H2;;. The Morgan fingerprint density at radius 2 is 1.14 bits per heavy atom. The first-order chi connectivity index (χ1) is 1.73. The molecule has 0 atom stereocenters. The molecule has 4 nitrogen and oxygen atoms in total. The van der Waals surface area contributed by atoms with Crippen molar-refractivity contribution in [2.45, 2.75) is 0 Å². The topological polar surface area (TPSA) is 89.0 Å². The van der Waals surface area contributed by atoms with Gasteiger partial charge in [-0.15, -0.1) is 0 Å². The van der Waals surface area contributed by atoms with Crippen LogP contribution in [0.5, 0.6) is 0 Å². The summed E-state index contributed by atoms with van der Waals surface area (Å²) < 4.78 is 0. The third-order valence-electron chi connectivity index (χ3n) is 0. The number of hydrogen-bond acceptors (Lipinski definition) is 1. The van der Waals surface area contributed by atoms with Crippen molar-refractivity contribution in [3.05, 3.63) is 0 Å². The summed E-state index contributed by atoms with van der Waals surface area (Å²) in [5.41, 5.74) is 0. The third kappa shape index (κ3) is 697. The monoisotopic (exact) mass is 96.1 g/mol. The van der Waals surface area contributed by atoms with Crippen LogP contribution in [0.3, 0.4) is 0 Å². The average molecular weight is 95.9 g/mol. The van der Waals surface area contributed by atoms with E-state index in [9.17, 15) is 0 Å². The zero-order chi connectivity index (χ0) is 3.58. The summed E-state index contributed by atoms with van der Waals surface area (Å²) in [6.07, 6.45) is -1.83. The second kappa shape index (κ2) is 16.1. The van der Waals surface area contributed by atoms with Crippen LogP contribution in [0, 0.1) is 0 Å². The van der Waals surface area contributed by atoms with Crippen LogP contribution in [0.4, 0.5) is 4.79 Å². The predicted octanol–water partition coefficient (Wildman–Crippen LogP) is -1.90. The van der Waals surface area contributed by atoms with Crippen molar-refractivity contribution in [3.8, 4) is 0 Å². The van der Waals surface area contributed by atoms with E-state index in [1.807, 2.05) is 0 Å². The van der Waals surface area contributed by atoms with Gasteiger partial charge in [-0.25, -0.2) is 4.79 Å². The molecule has 0 heterocycles. The van der Waals surface area contributed by atoms with Gasteiger partial charge in [0.15, 0.2) is 0 Å². The first-order valence-corrected chi connectivity index (χ1v) is 0.651. The zero-order valence-electron chi connectivity index (χ0n) is 2.30. The normalized spacial score (nSPS) is 3.43. The van der Waals surface area contributed by atoms with E-state index in [4.69, 9.17) is 15.0 Å². The number of carboxylic acid groups (broad SMARTS) is 2. The first-order valence-electron chi connectivity index (χ1n) is 0.651. The molecule has 36 valence electrons. The molecule has 0 aliphatic carbocycles. The fourth-order valence-corrected chi connectivity index (χ4v) is 0. The van der Waals surface area contributed by atoms with Gasteiger partial charge in [0.25, 0.3) is 0 Å². The Balaban J connectivity index is -0.0000000150. The van der Waals surface area contributed by atoms with E-state index in [2.05, 4.69) is 0 Å². The molecule has 0 radical (unpaired) electrons. The molecular formula is CH6Li2O4. The van der Waals surface area contributed by atoms with Gasteiger partial charge in [0.05, 0.1) is 0 Å². The predicted molar refractivity (Wildman–Crippen MR) is 28.6 cm³/mol. The fraction of sp³-hybridized carbons (Fsp3) is 0. The molecule has 0 rings (SSSR count). The fourth-order valence-electron chi connectivity index (χ4n) is 0. The van der Waals surface area contributed by atoms with Gasteiger partial charge in [-0.05, 0) is 0 Å². The number of rotatable bonds is 0. The van der Waals surface area contributed by atoms with E-state index in [0.29, 0.717) is 0 Å².